The van der Waals surface area contributed by atoms with E-state index in [-0.39, 0.29) is 23.0 Å². The number of carbonyl (C=O) groups excluding carboxylic acids is 1. The molecule has 1 saturated heterocycles. The first-order valence-corrected chi connectivity index (χ1v) is 10.7. The number of benzene rings is 2. The van der Waals surface area contributed by atoms with Crippen LogP contribution in [0.4, 0.5) is 11.4 Å². The summed E-state index contributed by atoms with van der Waals surface area (Å²) in [5.74, 6) is 0.150. The van der Waals surface area contributed by atoms with Crippen LogP contribution in [0.1, 0.15) is 24.0 Å². The Morgan fingerprint density at radius 1 is 1.18 bits per heavy atom. The number of nitrogens with zero attached hydrogens (tertiary/aromatic N) is 2. The Balaban J connectivity index is 1.78. The lowest BCUT2D eigenvalue weighted by atomic mass is 10.1. The number of likely N-dealkylation sites (tertiary alicyclic amines) is 1. The van der Waals surface area contributed by atoms with Crippen molar-refractivity contribution in [2.75, 3.05) is 18.1 Å². The van der Waals surface area contributed by atoms with Crippen molar-refractivity contribution in [1.82, 2.24) is 4.90 Å². The van der Waals surface area contributed by atoms with E-state index in [2.05, 4.69) is 5.32 Å². The number of anilines is 1. The van der Waals surface area contributed by atoms with Gasteiger partial charge in [-0.25, -0.2) is 8.42 Å². The summed E-state index contributed by atoms with van der Waals surface area (Å²) >= 11 is 0. The van der Waals surface area contributed by atoms with Crippen LogP contribution in [0.3, 0.4) is 0 Å². The maximum atomic E-state index is 11.9. The molecule has 2 aromatic rings. The Bertz CT molecular complexity index is 1020. The molecule has 1 amide bonds. The van der Waals surface area contributed by atoms with Crippen LogP contribution in [0, 0.1) is 10.1 Å². The Labute approximate surface area is 163 Å². The summed E-state index contributed by atoms with van der Waals surface area (Å²) in [5.41, 5.74) is 1.55. The first kappa shape index (κ1) is 19.8. The summed E-state index contributed by atoms with van der Waals surface area (Å²) in [6.07, 6.45) is 2.41. The number of para-hydroxylation sites is 1. The minimum Gasteiger partial charge on any atom is -0.375 e. The highest BCUT2D eigenvalue weighted by molar-refractivity contribution is 7.90. The Morgan fingerprint density at radius 2 is 1.89 bits per heavy atom. The van der Waals surface area contributed by atoms with Crippen LogP contribution < -0.4 is 5.32 Å². The molecule has 0 atom stereocenters. The standard InChI is InChI=1S/C19H21N3O5S/c1-28(26,27)17-8-3-7-16(19(17)22(24)25)20-12-14-5-2-6-15(11-14)13-21-10-4-9-18(21)23/h2-3,5-8,11,20H,4,9-10,12-13H2,1H3. The first-order chi connectivity index (χ1) is 13.3. The van der Waals surface area contributed by atoms with Crippen molar-refractivity contribution < 1.29 is 18.1 Å². The predicted octanol–water partition coefficient (Wildman–Crippen LogP) is 2.73. The summed E-state index contributed by atoms with van der Waals surface area (Å²) in [6, 6.07) is 11.8. The normalized spacial score (nSPS) is 14.3. The van der Waals surface area contributed by atoms with E-state index in [1.54, 1.807) is 0 Å². The number of sulfone groups is 1. The molecule has 1 heterocycles. The molecule has 0 aliphatic carbocycles. The zero-order chi connectivity index (χ0) is 20.3. The molecule has 1 fully saturated rings. The molecule has 1 N–H and O–H groups in total. The summed E-state index contributed by atoms with van der Waals surface area (Å²) in [7, 11) is -3.73. The molecule has 0 bridgehead atoms. The van der Waals surface area contributed by atoms with Crippen molar-refractivity contribution in [2.45, 2.75) is 30.8 Å². The van der Waals surface area contributed by atoms with Gasteiger partial charge in [0.25, 0.3) is 0 Å². The second kappa shape index (κ2) is 7.97. The van der Waals surface area contributed by atoms with E-state index in [9.17, 15) is 23.3 Å². The van der Waals surface area contributed by atoms with Gasteiger partial charge < -0.3 is 10.2 Å². The van der Waals surface area contributed by atoms with Crippen molar-refractivity contribution in [3.05, 3.63) is 63.7 Å². The summed E-state index contributed by atoms with van der Waals surface area (Å²) in [4.78, 5) is 24.0. The molecule has 28 heavy (non-hydrogen) atoms. The minimum atomic E-state index is -3.73. The third-order valence-corrected chi connectivity index (χ3v) is 5.73. The minimum absolute atomic E-state index is 0.146. The maximum absolute atomic E-state index is 11.9. The Kier molecular flexibility index (Phi) is 5.64. The topological polar surface area (TPSA) is 110 Å². The van der Waals surface area contributed by atoms with Crippen molar-refractivity contribution in [2.24, 2.45) is 0 Å². The summed E-state index contributed by atoms with van der Waals surface area (Å²) in [5, 5.41) is 14.4. The molecule has 1 aliphatic rings. The van der Waals surface area contributed by atoms with Gasteiger partial charge in [-0.1, -0.05) is 30.3 Å². The van der Waals surface area contributed by atoms with Gasteiger partial charge in [0.15, 0.2) is 9.84 Å². The first-order valence-electron chi connectivity index (χ1n) is 8.82. The summed E-state index contributed by atoms with van der Waals surface area (Å²) in [6.45, 7) is 1.58. The van der Waals surface area contributed by atoms with Gasteiger partial charge >= 0.3 is 5.69 Å². The van der Waals surface area contributed by atoms with Gasteiger partial charge in [0.2, 0.25) is 5.91 Å². The van der Waals surface area contributed by atoms with Crippen molar-refractivity contribution in [3.8, 4) is 0 Å². The van der Waals surface area contributed by atoms with Gasteiger partial charge in [-0.15, -0.1) is 0 Å². The molecule has 0 unspecified atom stereocenters. The molecular weight excluding hydrogens is 382 g/mol. The average molecular weight is 403 g/mol. The highest BCUT2D eigenvalue weighted by Crippen LogP contribution is 2.32. The second-order valence-corrected chi connectivity index (χ2v) is 8.76. The van der Waals surface area contributed by atoms with Crippen LogP contribution in [0.5, 0.6) is 0 Å². The number of rotatable bonds is 7. The van der Waals surface area contributed by atoms with Crippen LogP contribution in [-0.4, -0.2) is 36.9 Å². The molecule has 9 heteroatoms. The second-order valence-electron chi connectivity index (χ2n) is 6.77. The number of carbonyl (C=O) groups is 1. The highest BCUT2D eigenvalue weighted by atomic mass is 32.2. The number of amides is 1. The van der Waals surface area contributed by atoms with E-state index >= 15 is 0 Å². The smallest absolute Gasteiger partial charge is 0.310 e. The maximum Gasteiger partial charge on any atom is 0.310 e. The highest BCUT2D eigenvalue weighted by Gasteiger charge is 2.26. The third-order valence-electron chi connectivity index (χ3n) is 4.60. The molecule has 0 radical (unpaired) electrons. The Morgan fingerprint density at radius 3 is 2.54 bits per heavy atom. The number of nitrogens with one attached hydrogen (secondary N) is 1. The molecule has 0 saturated carbocycles. The van der Waals surface area contributed by atoms with Crippen LogP contribution in [0.15, 0.2) is 47.4 Å². The lowest BCUT2D eigenvalue weighted by Gasteiger charge is -2.16. The van der Waals surface area contributed by atoms with Gasteiger partial charge in [0.1, 0.15) is 10.6 Å². The number of hydrogen-bond donors (Lipinski definition) is 1. The van der Waals surface area contributed by atoms with Gasteiger partial charge in [0.05, 0.1) is 4.92 Å². The molecule has 2 aromatic carbocycles. The molecule has 1 aliphatic heterocycles. The van der Waals surface area contributed by atoms with E-state index in [1.807, 2.05) is 29.2 Å². The van der Waals surface area contributed by atoms with Gasteiger partial charge in [-0.05, 0) is 29.7 Å². The zero-order valence-electron chi connectivity index (χ0n) is 15.4. The Hall–Kier alpha value is -2.94. The fraction of sp³-hybridized carbons (Fsp3) is 0.316. The summed E-state index contributed by atoms with van der Waals surface area (Å²) < 4.78 is 23.7. The monoisotopic (exact) mass is 403 g/mol. The van der Waals surface area contributed by atoms with Crippen LogP contribution >= 0.6 is 0 Å². The third kappa shape index (κ3) is 4.48. The van der Waals surface area contributed by atoms with Crippen LogP contribution in [0.25, 0.3) is 0 Å². The van der Waals surface area contributed by atoms with Crippen molar-refractivity contribution >= 4 is 27.1 Å². The van der Waals surface area contributed by atoms with Crippen molar-refractivity contribution in [3.63, 3.8) is 0 Å². The van der Waals surface area contributed by atoms with Crippen LogP contribution in [0.2, 0.25) is 0 Å². The number of hydrogen-bond acceptors (Lipinski definition) is 6. The van der Waals surface area contributed by atoms with Crippen molar-refractivity contribution in [1.29, 1.82) is 0 Å². The van der Waals surface area contributed by atoms with E-state index in [0.29, 0.717) is 13.0 Å². The van der Waals surface area contributed by atoms with E-state index < -0.39 is 20.4 Å². The molecule has 0 aromatic heterocycles. The van der Waals surface area contributed by atoms with Gasteiger partial charge in [-0.3, -0.25) is 14.9 Å². The van der Waals surface area contributed by atoms with Gasteiger partial charge in [0, 0.05) is 32.3 Å². The molecule has 0 spiro atoms. The SMILES string of the molecule is CS(=O)(=O)c1cccc(NCc2cccc(CN3CCCC3=O)c2)c1[N+](=O)[O-]. The number of nitro benzene ring substituents is 1. The zero-order valence-corrected chi connectivity index (χ0v) is 16.2. The fourth-order valence-electron chi connectivity index (χ4n) is 3.28. The van der Waals surface area contributed by atoms with E-state index in [0.717, 1.165) is 30.3 Å². The van der Waals surface area contributed by atoms with Gasteiger partial charge in [-0.2, -0.15) is 0 Å². The average Bonchev–Trinajstić information content (AvgIpc) is 3.04. The predicted molar refractivity (Wildman–Crippen MR) is 105 cm³/mol. The fourth-order valence-corrected chi connectivity index (χ4v) is 4.14. The molecular formula is C19H21N3O5S. The van der Waals surface area contributed by atoms with E-state index in [4.69, 9.17) is 0 Å². The largest absolute Gasteiger partial charge is 0.375 e. The quantitative estimate of drug-likeness (QED) is 0.562. The molecule has 8 nitrogen and oxygen atoms in total. The lowest BCUT2D eigenvalue weighted by Crippen LogP contribution is -2.23. The lowest BCUT2D eigenvalue weighted by molar-refractivity contribution is -0.386. The van der Waals surface area contributed by atoms with E-state index in [1.165, 1.54) is 18.2 Å². The molecule has 148 valence electrons. The number of nitro groups is 1. The van der Waals surface area contributed by atoms with Crippen LogP contribution in [-0.2, 0) is 27.7 Å². The molecule has 3 rings (SSSR count).